The topological polar surface area (TPSA) is 36.4 Å². The van der Waals surface area contributed by atoms with Crippen LogP contribution in [-0.4, -0.2) is 10.8 Å². The van der Waals surface area contributed by atoms with Crippen LogP contribution in [0.3, 0.4) is 0 Å². The van der Waals surface area contributed by atoms with Crippen LogP contribution in [0.5, 0.6) is 0 Å². The molecule has 2 N–H and O–H groups in total. The summed E-state index contributed by atoms with van der Waals surface area (Å²) in [7, 11) is 0. The monoisotopic (exact) mass is 311 g/mol. The fourth-order valence-corrected chi connectivity index (χ4v) is 2.26. The first-order chi connectivity index (χ1) is 10.6. The Morgan fingerprint density at radius 3 is 2.55 bits per heavy atom. The van der Waals surface area contributed by atoms with Crippen LogP contribution in [0.2, 0.25) is 0 Å². The van der Waals surface area contributed by atoms with Crippen LogP contribution in [-0.2, 0) is 6.54 Å². The Bertz CT molecular complexity index is 678. The minimum absolute atomic E-state index is 0.522. The highest BCUT2D eigenvalue weighted by Crippen LogP contribution is 2.11. The number of thiocarbonyl (C=S) groups is 1. The normalized spacial score (nSPS) is 11.1. The lowest BCUT2D eigenvalue weighted by Gasteiger charge is -2.10. The quantitative estimate of drug-likeness (QED) is 0.513. The van der Waals surface area contributed by atoms with Gasteiger partial charge in [-0.25, -0.2) is 0 Å². The van der Waals surface area contributed by atoms with Gasteiger partial charge >= 0.3 is 0 Å². The molecule has 4 heteroatoms. The van der Waals surface area contributed by atoms with Crippen LogP contribution in [0.1, 0.15) is 29.2 Å². The number of hydrogen-bond acceptors (Lipinski definition) is 2. The van der Waals surface area contributed by atoms with Crippen molar-refractivity contribution in [1.82, 2.24) is 10.7 Å². The summed E-state index contributed by atoms with van der Waals surface area (Å²) in [4.78, 5) is 0. The molecule has 0 aromatic heterocycles. The van der Waals surface area contributed by atoms with E-state index in [9.17, 15) is 0 Å². The molecule has 0 bridgehead atoms. The molecule has 2 aromatic rings. The molecule has 22 heavy (non-hydrogen) atoms. The molecule has 114 valence electrons. The number of benzene rings is 2. The van der Waals surface area contributed by atoms with Crippen LogP contribution in [0.15, 0.2) is 53.6 Å². The summed E-state index contributed by atoms with van der Waals surface area (Å²) >= 11 is 5.25. The molecular weight excluding hydrogens is 290 g/mol. The van der Waals surface area contributed by atoms with Gasteiger partial charge in [-0.2, -0.15) is 5.10 Å². The average Bonchev–Trinajstić information content (AvgIpc) is 2.54. The fraction of sp³-hybridized carbons (Fsp3) is 0.222. The number of nitrogens with zero attached hydrogens (tertiary/aromatic N) is 1. The van der Waals surface area contributed by atoms with Crippen LogP contribution < -0.4 is 10.7 Å². The van der Waals surface area contributed by atoms with E-state index in [4.69, 9.17) is 12.2 Å². The van der Waals surface area contributed by atoms with Gasteiger partial charge in [-0.05, 0) is 50.2 Å². The van der Waals surface area contributed by atoms with Crippen molar-refractivity contribution < 1.29 is 0 Å². The summed E-state index contributed by atoms with van der Waals surface area (Å²) in [6.45, 7) is 6.83. The Hall–Kier alpha value is -2.20. The van der Waals surface area contributed by atoms with Gasteiger partial charge in [0.1, 0.15) is 0 Å². The molecule has 0 spiro atoms. The first-order valence-corrected chi connectivity index (χ1v) is 7.67. The van der Waals surface area contributed by atoms with E-state index < -0.39 is 0 Å². The SMILES string of the molecule is C/C(=N/NC(=S)NCc1ccccc1)c1cc(C)ccc1C. The predicted molar refractivity (Wildman–Crippen MR) is 97.1 cm³/mol. The molecule has 2 rings (SSSR count). The third-order valence-corrected chi connectivity index (χ3v) is 3.64. The third-order valence-electron chi connectivity index (χ3n) is 3.40. The maximum Gasteiger partial charge on any atom is 0.187 e. The van der Waals surface area contributed by atoms with Crippen LogP contribution in [0, 0.1) is 13.8 Å². The zero-order chi connectivity index (χ0) is 15.9. The molecule has 3 nitrogen and oxygen atoms in total. The van der Waals surface area contributed by atoms with E-state index in [-0.39, 0.29) is 0 Å². The van der Waals surface area contributed by atoms with Crippen molar-refractivity contribution in [2.45, 2.75) is 27.3 Å². The Morgan fingerprint density at radius 1 is 1.09 bits per heavy atom. The Balaban J connectivity index is 1.93. The molecule has 0 aliphatic rings. The van der Waals surface area contributed by atoms with Crippen molar-refractivity contribution in [2.75, 3.05) is 0 Å². The van der Waals surface area contributed by atoms with E-state index in [1.165, 1.54) is 16.7 Å². The van der Waals surface area contributed by atoms with E-state index in [0.717, 1.165) is 11.3 Å². The molecule has 0 amide bonds. The fourth-order valence-electron chi connectivity index (χ4n) is 2.14. The Labute approximate surface area is 137 Å². The lowest BCUT2D eigenvalue weighted by atomic mass is 10.0. The molecule has 0 atom stereocenters. The summed E-state index contributed by atoms with van der Waals surface area (Å²) in [5, 5.41) is 8.04. The summed E-state index contributed by atoms with van der Waals surface area (Å²) in [6.07, 6.45) is 0. The zero-order valence-electron chi connectivity index (χ0n) is 13.2. The average molecular weight is 311 g/mol. The largest absolute Gasteiger partial charge is 0.357 e. The van der Waals surface area contributed by atoms with Gasteiger partial charge in [-0.3, -0.25) is 5.43 Å². The first-order valence-electron chi connectivity index (χ1n) is 7.26. The molecule has 0 fully saturated rings. The van der Waals surface area contributed by atoms with Gasteiger partial charge in [-0.15, -0.1) is 0 Å². The van der Waals surface area contributed by atoms with Crippen molar-refractivity contribution in [3.63, 3.8) is 0 Å². The summed E-state index contributed by atoms with van der Waals surface area (Å²) < 4.78 is 0. The zero-order valence-corrected chi connectivity index (χ0v) is 14.0. The second-order valence-electron chi connectivity index (χ2n) is 5.30. The Morgan fingerprint density at radius 2 is 1.82 bits per heavy atom. The highest BCUT2D eigenvalue weighted by Gasteiger charge is 2.03. The summed E-state index contributed by atoms with van der Waals surface area (Å²) in [6, 6.07) is 16.5. The van der Waals surface area contributed by atoms with E-state index in [1.54, 1.807) is 0 Å². The second kappa shape index (κ2) is 7.71. The van der Waals surface area contributed by atoms with Crippen molar-refractivity contribution in [1.29, 1.82) is 0 Å². The number of aryl methyl sites for hydroxylation is 2. The standard InChI is InChI=1S/C18H21N3S/c1-13-9-10-14(2)17(11-13)15(3)20-21-18(22)19-12-16-7-5-4-6-8-16/h4-11H,12H2,1-3H3,(H2,19,21,22)/b20-15-. The molecule has 2 aromatic carbocycles. The number of rotatable bonds is 4. The Kier molecular flexibility index (Phi) is 5.67. The van der Waals surface area contributed by atoms with Crippen LogP contribution >= 0.6 is 12.2 Å². The third kappa shape index (κ3) is 4.67. The molecule has 0 unspecified atom stereocenters. The van der Waals surface area contributed by atoms with Gasteiger partial charge in [0.05, 0.1) is 5.71 Å². The molecule has 0 saturated heterocycles. The molecule has 0 saturated carbocycles. The van der Waals surface area contributed by atoms with E-state index in [2.05, 4.69) is 60.0 Å². The van der Waals surface area contributed by atoms with Crippen molar-refractivity contribution in [3.05, 3.63) is 70.8 Å². The first kappa shape index (κ1) is 16.2. The molecule has 0 aliphatic heterocycles. The van der Waals surface area contributed by atoms with Crippen molar-refractivity contribution >= 4 is 23.0 Å². The van der Waals surface area contributed by atoms with Crippen LogP contribution in [0.25, 0.3) is 0 Å². The van der Waals surface area contributed by atoms with Crippen LogP contribution in [0.4, 0.5) is 0 Å². The molecular formula is C18H21N3S. The van der Waals surface area contributed by atoms with Gasteiger partial charge in [-0.1, -0.05) is 48.0 Å². The van der Waals surface area contributed by atoms with Gasteiger partial charge in [0, 0.05) is 12.1 Å². The van der Waals surface area contributed by atoms with E-state index in [0.29, 0.717) is 11.7 Å². The maximum absolute atomic E-state index is 5.25. The molecule has 0 heterocycles. The minimum Gasteiger partial charge on any atom is -0.357 e. The van der Waals surface area contributed by atoms with Crippen molar-refractivity contribution in [3.8, 4) is 0 Å². The van der Waals surface area contributed by atoms with Gasteiger partial charge in [0.2, 0.25) is 0 Å². The lowest BCUT2D eigenvalue weighted by molar-refractivity contribution is 0.866. The number of hydrogen-bond donors (Lipinski definition) is 2. The van der Waals surface area contributed by atoms with Crippen molar-refractivity contribution in [2.24, 2.45) is 5.10 Å². The van der Waals surface area contributed by atoms with Gasteiger partial charge < -0.3 is 5.32 Å². The molecule has 0 aliphatic carbocycles. The van der Waals surface area contributed by atoms with Gasteiger partial charge in [0.25, 0.3) is 0 Å². The molecule has 0 radical (unpaired) electrons. The highest BCUT2D eigenvalue weighted by molar-refractivity contribution is 7.80. The van der Waals surface area contributed by atoms with E-state index in [1.807, 2.05) is 25.1 Å². The maximum atomic E-state index is 5.25. The minimum atomic E-state index is 0.522. The second-order valence-corrected chi connectivity index (χ2v) is 5.70. The lowest BCUT2D eigenvalue weighted by Crippen LogP contribution is -2.32. The summed E-state index contributed by atoms with van der Waals surface area (Å²) in [5.41, 5.74) is 8.57. The number of nitrogens with one attached hydrogen (secondary N) is 2. The van der Waals surface area contributed by atoms with Gasteiger partial charge in [0.15, 0.2) is 5.11 Å². The smallest absolute Gasteiger partial charge is 0.187 e. The van der Waals surface area contributed by atoms with E-state index >= 15 is 0 Å². The predicted octanol–water partition coefficient (Wildman–Crippen LogP) is 3.69. The number of hydrazone groups is 1. The summed E-state index contributed by atoms with van der Waals surface area (Å²) in [5.74, 6) is 0. The highest BCUT2D eigenvalue weighted by atomic mass is 32.1.